The molecule has 0 radical (unpaired) electrons. The lowest BCUT2D eigenvalue weighted by Crippen LogP contribution is -2.21. The largest absolute Gasteiger partial charge is 0.481 e. The summed E-state index contributed by atoms with van der Waals surface area (Å²) in [5.41, 5.74) is 4.42. The van der Waals surface area contributed by atoms with Gasteiger partial charge in [0.2, 0.25) is 11.8 Å². The molecule has 3 rings (SSSR count). The Balaban J connectivity index is 1.90. The topological polar surface area (TPSA) is 79.5 Å². The molecule has 3 aromatic rings. The molecule has 0 spiro atoms. The van der Waals surface area contributed by atoms with E-state index in [9.17, 15) is 9.90 Å². The lowest BCUT2D eigenvalue weighted by molar-refractivity contribution is -0.135. The molecule has 1 N–H and O–H groups in total. The van der Waals surface area contributed by atoms with E-state index in [2.05, 4.69) is 28.9 Å². The van der Waals surface area contributed by atoms with Gasteiger partial charge in [0.05, 0.1) is 6.42 Å². The van der Waals surface area contributed by atoms with Crippen LogP contribution in [-0.2, 0) is 4.79 Å². The maximum atomic E-state index is 11.4. The Labute approximate surface area is 170 Å². The van der Waals surface area contributed by atoms with E-state index in [0.29, 0.717) is 11.5 Å². The van der Waals surface area contributed by atoms with Crippen molar-refractivity contribution in [1.82, 2.24) is 10.2 Å². The normalized spacial score (nSPS) is 11.5. The fraction of sp³-hybridized carbons (Fsp3) is 0.261. The number of benzene rings is 2. The zero-order valence-corrected chi connectivity index (χ0v) is 16.9. The number of nitrogens with zero attached hydrogens (tertiary/aromatic N) is 3. The van der Waals surface area contributed by atoms with Crippen LogP contribution >= 0.6 is 0 Å². The molecule has 6 heteroatoms. The maximum Gasteiger partial charge on any atom is 0.308 e. The monoisotopic (exact) mass is 391 g/mol. The Morgan fingerprint density at radius 2 is 1.69 bits per heavy atom. The predicted molar refractivity (Wildman–Crippen MR) is 115 cm³/mol. The molecule has 0 atom stereocenters. The van der Waals surface area contributed by atoms with Gasteiger partial charge >= 0.3 is 5.97 Å². The van der Waals surface area contributed by atoms with Crippen LogP contribution in [0.25, 0.3) is 23.1 Å². The Morgan fingerprint density at radius 3 is 2.28 bits per heavy atom. The van der Waals surface area contributed by atoms with Gasteiger partial charge in [-0.05, 0) is 56.7 Å². The zero-order chi connectivity index (χ0) is 20.8. The van der Waals surface area contributed by atoms with Gasteiger partial charge < -0.3 is 14.4 Å². The van der Waals surface area contributed by atoms with Crippen molar-refractivity contribution in [3.63, 3.8) is 0 Å². The third-order valence-corrected chi connectivity index (χ3v) is 4.70. The van der Waals surface area contributed by atoms with Gasteiger partial charge in [-0.15, -0.1) is 10.2 Å². The highest BCUT2D eigenvalue weighted by molar-refractivity contribution is 5.89. The van der Waals surface area contributed by atoms with Gasteiger partial charge in [0.25, 0.3) is 0 Å². The van der Waals surface area contributed by atoms with Gasteiger partial charge in [0.1, 0.15) is 0 Å². The summed E-state index contributed by atoms with van der Waals surface area (Å²) >= 11 is 0. The van der Waals surface area contributed by atoms with Crippen LogP contribution in [0.4, 0.5) is 5.69 Å². The highest BCUT2D eigenvalue weighted by Crippen LogP contribution is 2.26. The second-order valence-electron chi connectivity index (χ2n) is 6.78. The third kappa shape index (κ3) is 5.10. The summed E-state index contributed by atoms with van der Waals surface area (Å²) in [7, 11) is 0. The van der Waals surface area contributed by atoms with Gasteiger partial charge in [-0.2, -0.15) is 0 Å². The molecule has 1 aromatic heterocycles. The van der Waals surface area contributed by atoms with E-state index < -0.39 is 5.97 Å². The number of hydrogen-bond donors (Lipinski definition) is 1. The first-order chi connectivity index (χ1) is 14.0. The molecular formula is C23H25N3O3. The molecule has 2 aromatic carbocycles. The molecule has 6 nitrogen and oxygen atoms in total. The van der Waals surface area contributed by atoms with Crippen LogP contribution in [0.3, 0.4) is 0 Å². The Hall–Kier alpha value is -3.41. The Bertz CT molecular complexity index is 985. The van der Waals surface area contributed by atoms with E-state index in [0.717, 1.165) is 35.5 Å². The predicted octanol–water partition coefficient (Wildman–Crippen LogP) is 4.91. The molecule has 1 heterocycles. The van der Waals surface area contributed by atoms with E-state index in [1.54, 1.807) is 6.08 Å². The SMILES string of the molecule is CCN(CC)c1ccc(/C=C(/CC(=O)O)c2nnc(-c3ccc(C)cc3)o2)cc1. The molecule has 29 heavy (non-hydrogen) atoms. The van der Waals surface area contributed by atoms with Crippen molar-refractivity contribution >= 4 is 23.3 Å². The maximum absolute atomic E-state index is 11.4. The van der Waals surface area contributed by atoms with Crippen LogP contribution in [0.15, 0.2) is 52.9 Å². The minimum absolute atomic E-state index is 0.201. The van der Waals surface area contributed by atoms with Crippen LogP contribution in [0.1, 0.15) is 37.3 Å². The number of hydrogen-bond acceptors (Lipinski definition) is 5. The Morgan fingerprint density at radius 1 is 1.03 bits per heavy atom. The van der Waals surface area contributed by atoms with Gasteiger partial charge in [0, 0.05) is 29.9 Å². The van der Waals surface area contributed by atoms with Crippen LogP contribution in [0.2, 0.25) is 0 Å². The zero-order valence-electron chi connectivity index (χ0n) is 16.9. The quantitative estimate of drug-likeness (QED) is 0.588. The lowest BCUT2D eigenvalue weighted by atomic mass is 10.1. The van der Waals surface area contributed by atoms with E-state index in [1.165, 1.54) is 0 Å². The molecule has 0 saturated carbocycles. The number of carbonyl (C=O) groups is 1. The number of aliphatic carboxylic acids is 1. The lowest BCUT2D eigenvalue weighted by Gasteiger charge is -2.20. The second-order valence-corrected chi connectivity index (χ2v) is 6.78. The van der Waals surface area contributed by atoms with E-state index in [-0.39, 0.29) is 12.3 Å². The van der Waals surface area contributed by atoms with Crippen molar-refractivity contribution in [2.24, 2.45) is 0 Å². The summed E-state index contributed by atoms with van der Waals surface area (Å²) in [6.45, 7) is 8.09. The van der Waals surface area contributed by atoms with Crippen molar-refractivity contribution in [2.45, 2.75) is 27.2 Å². The number of rotatable bonds is 8. The van der Waals surface area contributed by atoms with Crippen LogP contribution in [-0.4, -0.2) is 34.4 Å². The molecule has 0 aliphatic rings. The molecule has 150 valence electrons. The molecule has 0 saturated heterocycles. The first-order valence-electron chi connectivity index (χ1n) is 9.68. The fourth-order valence-corrected chi connectivity index (χ4v) is 3.09. The first kappa shape index (κ1) is 20.3. The van der Waals surface area contributed by atoms with E-state index in [1.807, 2.05) is 55.5 Å². The molecule has 0 aliphatic carbocycles. The number of carboxylic acid groups (broad SMARTS) is 1. The van der Waals surface area contributed by atoms with Crippen molar-refractivity contribution in [2.75, 3.05) is 18.0 Å². The average Bonchev–Trinajstić information content (AvgIpc) is 3.20. The molecular weight excluding hydrogens is 366 g/mol. The van der Waals surface area contributed by atoms with Gasteiger partial charge in [-0.3, -0.25) is 4.79 Å². The van der Waals surface area contributed by atoms with E-state index in [4.69, 9.17) is 4.42 Å². The highest BCUT2D eigenvalue weighted by Gasteiger charge is 2.16. The van der Waals surface area contributed by atoms with Crippen molar-refractivity contribution < 1.29 is 14.3 Å². The number of aromatic nitrogens is 2. The molecule has 0 unspecified atom stereocenters. The first-order valence-corrected chi connectivity index (χ1v) is 9.68. The van der Waals surface area contributed by atoms with Gasteiger partial charge in [0.15, 0.2) is 0 Å². The van der Waals surface area contributed by atoms with Gasteiger partial charge in [-0.1, -0.05) is 29.8 Å². The van der Waals surface area contributed by atoms with Crippen LogP contribution < -0.4 is 4.90 Å². The second kappa shape index (κ2) is 9.19. The van der Waals surface area contributed by atoms with Crippen molar-refractivity contribution in [3.8, 4) is 11.5 Å². The molecule has 0 amide bonds. The molecule has 0 aliphatic heterocycles. The smallest absolute Gasteiger partial charge is 0.308 e. The number of carboxylic acids is 1. The van der Waals surface area contributed by atoms with Crippen molar-refractivity contribution in [1.29, 1.82) is 0 Å². The number of anilines is 1. The summed E-state index contributed by atoms with van der Waals surface area (Å²) in [6, 6.07) is 15.7. The highest BCUT2D eigenvalue weighted by atomic mass is 16.4. The van der Waals surface area contributed by atoms with Crippen LogP contribution in [0.5, 0.6) is 0 Å². The third-order valence-electron chi connectivity index (χ3n) is 4.70. The summed E-state index contributed by atoms with van der Waals surface area (Å²) < 4.78 is 5.78. The van der Waals surface area contributed by atoms with Crippen LogP contribution in [0, 0.1) is 6.92 Å². The average molecular weight is 391 g/mol. The summed E-state index contributed by atoms with van der Waals surface area (Å²) in [4.78, 5) is 13.6. The summed E-state index contributed by atoms with van der Waals surface area (Å²) in [5.74, 6) is -0.366. The van der Waals surface area contributed by atoms with Crippen molar-refractivity contribution in [3.05, 3.63) is 65.5 Å². The fourth-order valence-electron chi connectivity index (χ4n) is 3.09. The summed E-state index contributed by atoms with van der Waals surface area (Å²) in [5, 5.41) is 17.5. The molecule has 0 fully saturated rings. The summed E-state index contributed by atoms with van der Waals surface area (Å²) in [6.07, 6.45) is 1.58. The van der Waals surface area contributed by atoms with E-state index >= 15 is 0 Å². The standard InChI is InChI=1S/C23H25N3O3/c1-4-26(5-2)20-12-8-17(9-13-20)14-19(15-21(27)28)23-25-24-22(29-23)18-10-6-16(3)7-11-18/h6-14H,4-5,15H2,1-3H3,(H,27,28)/b19-14-. The molecule has 0 bridgehead atoms. The number of aryl methyl sites for hydroxylation is 1. The van der Waals surface area contributed by atoms with Gasteiger partial charge in [-0.25, -0.2) is 0 Å². The Kier molecular flexibility index (Phi) is 6.44. The minimum atomic E-state index is -0.953. The minimum Gasteiger partial charge on any atom is -0.481 e.